The van der Waals surface area contributed by atoms with Gasteiger partial charge in [0, 0.05) is 17.3 Å². The van der Waals surface area contributed by atoms with Crippen LogP contribution >= 0.6 is 11.6 Å². The lowest BCUT2D eigenvalue weighted by molar-refractivity contribution is -0.142. The zero-order chi connectivity index (χ0) is 22.7. The van der Waals surface area contributed by atoms with Gasteiger partial charge < -0.3 is 19.0 Å². The van der Waals surface area contributed by atoms with Gasteiger partial charge in [-0.15, -0.1) is 0 Å². The van der Waals surface area contributed by atoms with E-state index in [1.54, 1.807) is 18.2 Å². The minimum Gasteiger partial charge on any atom is -0.489 e. The van der Waals surface area contributed by atoms with Gasteiger partial charge in [-0.05, 0) is 43.7 Å². The lowest BCUT2D eigenvalue weighted by Gasteiger charge is -2.18. The number of esters is 1. The summed E-state index contributed by atoms with van der Waals surface area (Å²) in [4.78, 5) is 16.1. The van der Waals surface area contributed by atoms with Crippen LogP contribution in [-0.2, 0) is 16.1 Å². The second kappa shape index (κ2) is 9.42. The Balaban J connectivity index is 1.42. The number of methoxy groups -OCH3 is 1. The van der Waals surface area contributed by atoms with Crippen molar-refractivity contribution in [1.29, 1.82) is 0 Å². The van der Waals surface area contributed by atoms with Crippen LogP contribution in [0.5, 0.6) is 5.75 Å². The third-order valence-corrected chi connectivity index (χ3v) is 5.05. The standard InChI is InChI=1S/C23H23ClN4O4/c1-14(2)31-20-9-8-17(12-18(20)24)22-25-21(27-32-22)16-6-4-15(5-7-16)13-28-11-10-19(26-28)23(29)30-3/h4-12,14,19,26H,13H2,1-3H3. The van der Waals surface area contributed by atoms with E-state index < -0.39 is 6.04 Å². The second-order valence-corrected chi connectivity index (χ2v) is 7.94. The first-order valence-electron chi connectivity index (χ1n) is 10.1. The van der Waals surface area contributed by atoms with Crippen LogP contribution in [0.3, 0.4) is 0 Å². The summed E-state index contributed by atoms with van der Waals surface area (Å²) in [6.45, 7) is 4.47. The summed E-state index contributed by atoms with van der Waals surface area (Å²) >= 11 is 6.31. The van der Waals surface area contributed by atoms with E-state index in [0.717, 1.165) is 11.1 Å². The van der Waals surface area contributed by atoms with Crippen LogP contribution in [0.1, 0.15) is 19.4 Å². The van der Waals surface area contributed by atoms with Crippen molar-refractivity contribution >= 4 is 17.6 Å². The minimum atomic E-state index is -0.462. The number of nitrogens with zero attached hydrogens (tertiary/aromatic N) is 3. The number of rotatable bonds is 7. The van der Waals surface area contributed by atoms with Gasteiger partial charge in [-0.25, -0.2) is 10.2 Å². The van der Waals surface area contributed by atoms with E-state index in [1.165, 1.54) is 7.11 Å². The molecule has 0 aliphatic carbocycles. The molecule has 166 valence electrons. The lowest BCUT2D eigenvalue weighted by Crippen LogP contribution is -2.40. The third-order valence-electron chi connectivity index (χ3n) is 4.75. The summed E-state index contributed by atoms with van der Waals surface area (Å²) in [7, 11) is 1.37. The molecule has 2 aromatic carbocycles. The van der Waals surface area contributed by atoms with Gasteiger partial charge in [-0.3, -0.25) is 0 Å². The predicted molar refractivity (Wildman–Crippen MR) is 120 cm³/mol. The maximum atomic E-state index is 11.6. The number of carbonyl (C=O) groups is 1. The molecule has 1 aliphatic heterocycles. The monoisotopic (exact) mass is 454 g/mol. The Hall–Kier alpha value is -3.36. The molecule has 3 aromatic rings. The number of benzene rings is 2. The van der Waals surface area contributed by atoms with Crippen molar-refractivity contribution in [1.82, 2.24) is 20.6 Å². The quantitative estimate of drug-likeness (QED) is 0.531. The fourth-order valence-corrected chi connectivity index (χ4v) is 3.43. The molecule has 0 radical (unpaired) electrons. The summed E-state index contributed by atoms with van der Waals surface area (Å²) < 4.78 is 15.8. The van der Waals surface area contributed by atoms with Crippen LogP contribution in [-0.4, -0.2) is 40.4 Å². The van der Waals surface area contributed by atoms with Gasteiger partial charge in [0.15, 0.2) is 0 Å². The fraction of sp³-hybridized carbons (Fsp3) is 0.261. The average molecular weight is 455 g/mol. The first kappa shape index (κ1) is 21.9. The van der Waals surface area contributed by atoms with Crippen molar-refractivity contribution in [3.63, 3.8) is 0 Å². The smallest absolute Gasteiger partial charge is 0.328 e. The molecule has 0 fully saturated rings. The Bertz CT molecular complexity index is 1130. The number of halogens is 1. The molecule has 1 atom stereocenters. The Labute approximate surface area is 190 Å². The topological polar surface area (TPSA) is 89.7 Å². The van der Waals surface area contributed by atoms with Crippen LogP contribution in [0.4, 0.5) is 0 Å². The molecule has 8 nitrogen and oxygen atoms in total. The Morgan fingerprint density at radius 2 is 1.97 bits per heavy atom. The molecule has 2 heterocycles. The normalized spacial score (nSPS) is 15.4. The van der Waals surface area contributed by atoms with Gasteiger partial charge in [0.1, 0.15) is 11.8 Å². The molecule has 4 rings (SSSR count). The second-order valence-electron chi connectivity index (χ2n) is 7.53. The maximum absolute atomic E-state index is 11.6. The van der Waals surface area contributed by atoms with Crippen molar-refractivity contribution < 1.29 is 18.8 Å². The molecule has 1 unspecified atom stereocenters. The zero-order valence-corrected chi connectivity index (χ0v) is 18.7. The van der Waals surface area contributed by atoms with E-state index in [0.29, 0.717) is 34.6 Å². The number of hydrogen-bond acceptors (Lipinski definition) is 8. The molecular formula is C23H23ClN4O4. The van der Waals surface area contributed by atoms with Gasteiger partial charge in [0.25, 0.3) is 5.89 Å². The average Bonchev–Trinajstić information content (AvgIpc) is 3.45. The first-order chi connectivity index (χ1) is 15.4. The van der Waals surface area contributed by atoms with Crippen LogP contribution < -0.4 is 10.2 Å². The maximum Gasteiger partial charge on any atom is 0.328 e. The summed E-state index contributed by atoms with van der Waals surface area (Å²) in [5, 5.41) is 6.41. The van der Waals surface area contributed by atoms with Crippen molar-refractivity contribution in [3.05, 3.63) is 65.3 Å². The van der Waals surface area contributed by atoms with E-state index in [9.17, 15) is 4.79 Å². The van der Waals surface area contributed by atoms with Gasteiger partial charge in [0.2, 0.25) is 5.82 Å². The molecule has 0 saturated carbocycles. The zero-order valence-electron chi connectivity index (χ0n) is 17.9. The first-order valence-corrected chi connectivity index (χ1v) is 10.5. The van der Waals surface area contributed by atoms with E-state index in [4.69, 9.17) is 25.6 Å². The molecule has 32 heavy (non-hydrogen) atoms. The summed E-state index contributed by atoms with van der Waals surface area (Å²) in [5.41, 5.74) is 5.66. The Morgan fingerprint density at radius 1 is 1.22 bits per heavy atom. The van der Waals surface area contributed by atoms with Crippen LogP contribution in [0, 0.1) is 0 Å². The number of aromatic nitrogens is 2. The highest BCUT2D eigenvalue weighted by Crippen LogP contribution is 2.31. The SMILES string of the molecule is COC(=O)C1C=CN(Cc2ccc(-c3noc(-c4ccc(OC(C)C)c(Cl)c4)n3)cc2)N1. The third kappa shape index (κ3) is 4.92. The number of ether oxygens (including phenoxy) is 2. The molecule has 0 spiro atoms. The molecule has 1 N–H and O–H groups in total. The van der Waals surface area contributed by atoms with E-state index in [1.807, 2.05) is 55.4 Å². The molecule has 1 aliphatic rings. The lowest BCUT2D eigenvalue weighted by atomic mass is 10.1. The van der Waals surface area contributed by atoms with E-state index >= 15 is 0 Å². The van der Waals surface area contributed by atoms with Crippen molar-refractivity contribution in [2.75, 3.05) is 7.11 Å². The van der Waals surface area contributed by atoms with Gasteiger partial charge in [-0.1, -0.05) is 41.0 Å². The van der Waals surface area contributed by atoms with E-state index in [2.05, 4.69) is 15.6 Å². The molecule has 0 amide bonds. The number of carbonyl (C=O) groups excluding carboxylic acids is 1. The van der Waals surface area contributed by atoms with Crippen LogP contribution in [0.25, 0.3) is 22.8 Å². The summed E-state index contributed by atoms with van der Waals surface area (Å²) in [6.07, 6.45) is 3.61. The van der Waals surface area contributed by atoms with Gasteiger partial charge >= 0.3 is 5.97 Å². The van der Waals surface area contributed by atoms with Crippen LogP contribution in [0.2, 0.25) is 5.02 Å². The summed E-state index contributed by atoms with van der Waals surface area (Å²) in [5.74, 6) is 1.15. The number of nitrogens with one attached hydrogen (secondary N) is 1. The Kier molecular flexibility index (Phi) is 6.43. The molecule has 0 saturated heterocycles. The largest absolute Gasteiger partial charge is 0.489 e. The predicted octanol–water partition coefficient (Wildman–Crippen LogP) is 4.22. The minimum absolute atomic E-state index is 0.0304. The molecule has 0 bridgehead atoms. The highest BCUT2D eigenvalue weighted by molar-refractivity contribution is 6.32. The fourth-order valence-electron chi connectivity index (χ4n) is 3.21. The highest BCUT2D eigenvalue weighted by Gasteiger charge is 2.22. The highest BCUT2D eigenvalue weighted by atomic mass is 35.5. The number of hydrazine groups is 1. The van der Waals surface area contributed by atoms with Crippen molar-refractivity contribution in [2.24, 2.45) is 0 Å². The van der Waals surface area contributed by atoms with Gasteiger partial charge in [0.05, 0.1) is 24.8 Å². The molecule has 1 aromatic heterocycles. The summed E-state index contributed by atoms with van der Waals surface area (Å²) in [6, 6.07) is 12.7. The van der Waals surface area contributed by atoms with Crippen molar-refractivity contribution in [3.8, 4) is 28.6 Å². The molecule has 9 heteroatoms. The Morgan fingerprint density at radius 3 is 2.66 bits per heavy atom. The molecular weight excluding hydrogens is 432 g/mol. The van der Waals surface area contributed by atoms with Crippen LogP contribution in [0.15, 0.2) is 59.3 Å². The number of hydrogen-bond donors (Lipinski definition) is 1. The van der Waals surface area contributed by atoms with E-state index in [-0.39, 0.29) is 12.1 Å². The van der Waals surface area contributed by atoms with Crippen molar-refractivity contribution in [2.45, 2.75) is 32.5 Å². The van der Waals surface area contributed by atoms with Gasteiger partial charge in [-0.2, -0.15) is 4.98 Å².